The fraction of sp³-hybridized carbons (Fsp3) is 0.276. The second-order valence-electron chi connectivity index (χ2n) is 8.82. The summed E-state index contributed by atoms with van der Waals surface area (Å²) >= 11 is 1.33. The lowest BCUT2D eigenvalue weighted by Crippen LogP contribution is -2.48. The molecule has 0 bridgehead atoms. The van der Waals surface area contributed by atoms with Gasteiger partial charge in [-0.15, -0.1) is 17.8 Å². The number of hydrogen-bond donors (Lipinski definition) is 0. The van der Waals surface area contributed by atoms with E-state index in [2.05, 4.69) is 53.1 Å². The number of pyridine rings is 1. The quantitative estimate of drug-likeness (QED) is 0.316. The average molecular weight is 482 g/mol. The zero-order valence-corrected chi connectivity index (χ0v) is 20.7. The molecule has 3 heterocycles. The molecule has 0 fully saturated rings. The Morgan fingerprint density at radius 2 is 2.14 bits per heavy atom. The number of thiazole rings is 1. The second-order valence-corrected chi connectivity index (χ2v) is 9.68. The van der Waals surface area contributed by atoms with E-state index in [0.29, 0.717) is 10.7 Å². The third-order valence-electron chi connectivity index (χ3n) is 6.69. The molecule has 0 spiro atoms. The number of aromatic nitrogens is 2. The number of amides is 1. The molecule has 35 heavy (non-hydrogen) atoms. The highest BCUT2D eigenvalue weighted by molar-refractivity contribution is 7.10. The first-order valence-corrected chi connectivity index (χ1v) is 12.8. The highest BCUT2D eigenvalue weighted by Gasteiger charge is 2.39. The highest BCUT2D eigenvalue weighted by Crippen LogP contribution is 2.42. The number of ether oxygens (including phenoxy) is 1. The van der Waals surface area contributed by atoms with Crippen molar-refractivity contribution in [3.05, 3.63) is 87.5 Å². The summed E-state index contributed by atoms with van der Waals surface area (Å²) in [6.07, 6.45) is 11.1. The van der Waals surface area contributed by atoms with Gasteiger partial charge >= 0.3 is 0 Å². The first-order valence-electron chi connectivity index (χ1n) is 11.9. The van der Waals surface area contributed by atoms with E-state index in [1.807, 2.05) is 23.1 Å². The fourth-order valence-electron chi connectivity index (χ4n) is 5.00. The van der Waals surface area contributed by atoms with Crippen LogP contribution in [-0.4, -0.2) is 33.9 Å². The standard InChI is InChI=1S/C29H27N3O2S/c1-4-6-9-22-16-21-17-23(34-3)11-12-24(21)28(20-10-13-25-19(15-20)8-7-14-30-25)32(22)29(33)26-18-35-27(5-2)31-26/h2,7-8,10-15,17-18,22,28H,4,6,9,16H2,1,3H3. The van der Waals surface area contributed by atoms with Crippen molar-refractivity contribution >= 4 is 28.1 Å². The van der Waals surface area contributed by atoms with Gasteiger partial charge in [0.05, 0.1) is 18.7 Å². The van der Waals surface area contributed by atoms with E-state index in [4.69, 9.17) is 11.2 Å². The highest BCUT2D eigenvalue weighted by atomic mass is 32.1. The van der Waals surface area contributed by atoms with Crippen LogP contribution < -0.4 is 4.74 Å². The van der Waals surface area contributed by atoms with Gasteiger partial charge in [0.25, 0.3) is 5.91 Å². The number of rotatable bonds is 6. The molecule has 0 saturated carbocycles. The van der Waals surface area contributed by atoms with Gasteiger partial charge in [0.1, 0.15) is 11.4 Å². The smallest absolute Gasteiger partial charge is 0.274 e. The number of hydrogen-bond acceptors (Lipinski definition) is 5. The molecule has 0 N–H and O–H groups in total. The van der Waals surface area contributed by atoms with Crippen molar-refractivity contribution in [2.45, 2.75) is 44.7 Å². The minimum atomic E-state index is -0.250. The lowest BCUT2D eigenvalue weighted by atomic mass is 9.82. The van der Waals surface area contributed by atoms with Crippen molar-refractivity contribution in [3.8, 4) is 18.1 Å². The van der Waals surface area contributed by atoms with Crippen LogP contribution >= 0.6 is 11.3 Å². The number of fused-ring (bicyclic) bond motifs is 2. The lowest BCUT2D eigenvalue weighted by Gasteiger charge is -2.43. The number of benzene rings is 2. The van der Waals surface area contributed by atoms with Crippen molar-refractivity contribution in [2.75, 3.05) is 7.11 Å². The zero-order chi connectivity index (χ0) is 24.4. The van der Waals surface area contributed by atoms with Gasteiger partial charge in [-0.1, -0.05) is 38.0 Å². The Kier molecular flexibility index (Phi) is 6.52. The maximum atomic E-state index is 14.0. The molecule has 2 unspecified atom stereocenters. The van der Waals surface area contributed by atoms with E-state index in [-0.39, 0.29) is 18.0 Å². The molecule has 0 radical (unpaired) electrons. The first kappa shape index (κ1) is 23.1. The van der Waals surface area contributed by atoms with Crippen LogP contribution in [0.15, 0.2) is 60.1 Å². The number of unbranched alkanes of at least 4 members (excludes halogenated alkanes) is 1. The lowest BCUT2D eigenvalue weighted by molar-refractivity contribution is 0.0561. The molecule has 2 atom stereocenters. The second kappa shape index (κ2) is 9.89. The predicted octanol–water partition coefficient (Wildman–Crippen LogP) is 6.03. The largest absolute Gasteiger partial charge is 0.497 e. The molecule has 0 aliphatic carbocycles. The predicted molar refractivity (Wildman–Crippen MR) is 140 cm³/mol. The summed E-state index contributed by atoms with van der Waals surface area (Å²) in [6.45, 7) is 2.18. The van der Waals surface area contributed by atoms with Crippen LogP contribution in [0.2, 0.25) is 0 Å². The average Bonchev–Trinajstić information content (AvgIpc) is 3.39. The molecule has 5 rings (SSSR count). The van der Waals surface area contributed by atoms with Crippen molar-refractivity contribution in [1.29, 1.82) is 0 Å². The molecule has 6 heteroatoms. The van der Waals surface area contributed by atoms with Crippen LogP contribution in [0.1, 0.15) is 64.4 Å². The monoisotopic (exact) mass is 481 g/mol. The zero-order valence-electron chi connectivity index (χ0n) is 19.9. The van der Waals surface area contributed by atoms with Gasteiger partial charge in [-0.05, 0) is 65.8 Å². The van der Waals surface area contributed by atoms with Crippen LogP contribution in [0.4, 0.5) is 0 Å². The van der Waals surface area contributed by atoms with Crippen LogP contribution in [0.5, 0.6) is 5.75 Å². The third-order valence-corrected chi connectivity index (χ3v) is 7.46. The van der Waals surface area contributed by atoms with E-state index in [0.717, 1.165) is 53.5 Å². The van der Waals surface area contributed by atoms with E-state index >= 15 is 0 Å². The maximum Gasteiger partial charge on any atom is 0.274 e. The van der Waals surface area contributed by atoms with Crippen LogP contribution in [0.25, 0.3) is 10.9 Å². The molecule has 0 saturated heterocycles. The molecule has 1 aliphatic rings. The summed E-state index contributed by atoms with van der Waals surface area (Å²) in [5.41, 5.74) is 4.73. The van der Waals surface area contributed by atoms with Gasteiger partial charge in [0.2, 0.25) is 0 Å². The van der Waals surface area contributed by atoms with E-state index in [9.17, 15) is 4.79 Å². The number of terminal acetylenes is 1. The number of nitrogens with zero attached hydrogens (tertiary/aromatic N) is 3. The fourth-order valence-corrected chi connectivity index (χ4v) is 5.60. The minimum Gasteiger partial charge on any atom is -0.497 e. The van der Waals surface area contributed by atoms with Crippen molar-refractivity contribution in [2.24, 2.45) is 0 Å². The van der Waals surface area contributed by atoms with Crippen LogP contribution in [0.3, 0.4) is 0 Å². The Bertz CT molecular complexity index is 1420. The summed E-state index contributed by atoms with van der Waals surface area (Å²) < 4.78 is 5.54. The van der Waals surface area contributed by atoms with Gasteiger partial charge in [-0.2, -0.15) is 0 Å². The van der Waals surface area contributed by atoms with Crippen LogP contribution in [0, 0.1) is 12.3 Å². The van der Waals surface area contributed by atoms with E-state index in [1.54, 1.807) is 18.7 Å². The number of methoxy groups -OCH3 is 1. The van der Waals surface area contributed by atoms with Crippen molar-refractivity contribution in [3.63, 3.8) is 0 Å². The summed E-state index contributed by atoms with van der Waals surface area (Å²) in [5, 5.41) is 3.35. The Balaban J connectivity index is 1.69. The van der Waals surface area contributed by atoms with Gasteiger partial charge in [-0.25, -0.2) is 4.98 Å². The summed E-state index contributed by atoms with van der Waals surface area (Å²) in [4.78, 5) is 25.0. The van der Waals surface area contributed by atoms with Crippen molar-refractivity contribution in [1.82, 2.24) is 14.9 Å². The molecular formula is C29H27N3O2S. The van der Waals surface area contributed by atoms with Gasteiger partial charge in [0, 0.05) is 23.0 Å². The Hall–Kier alpha value is -3.69. The third kappa shape index (κ3) is 4.40. The van der Waals surface area contributed by atoms with Gasteiger partial charge in [0.15, 0.2) is 5.01 Å². The topological polar surface area (TPSA) is 55.3 Å². The molecule has 4 aromatic rings. The Morgan fingerprint density at radius 1 is 1.26 bits per heavy atom. The molecule has 5 nitrogen and oxygen atoms in total. The molecule has 2 aromatic carbocycles. The van der Waals surface area contributed by atoms with Crippen LogP contribution in [-0.2, 0) is 6.42 Å². The maximum absolute atomic E-state index is 14.0. The molecule has 1 aliphatic heterocycles. The molecule has 176 valence electrons. The Labute approximate surface area is 209 Å². The number of carbonyl (C=O) groups excluding carboxylic acids is 1. The summed E-state index contributed by atoms with van der Waals surface area (Å²) in [7, 11) is 1.69. The van der Waals surface area contributed by atoms with E-state index < -0.39 is 0 Å². The molecule has 2 aromatic heterocycles. The normalized spacial score (nSPS) is 17.1. The summed E-state index contributed by atoms with van der Waals surface area (Å²) in [6, 6.07) is 16.2. The summed E-state index contributed by atoms with van der Waals surface area (Å²) in [5.74, 6) is 3.31. The van der Waals surface area contributed by atoms with Crippen molar-refractivity contribution < 1.29 is 9.53 Å². The van der Waals surface area contributed by atoms with E-state index in [1.165, 1.54) is 16.9 Å². The SMILES string of the molecule is C#Cc1nc(C(=O)N2C(CCCC)Cc3cc(OC)ccc3C2c2ccc3ncccc3c2)cs1. The molecule has 1 amide bonds. The van der Waals surface area contributed by atoms with Gasteiger partial charge < -0.3 is 9.64 Å². The minimum absolute atomic E-state index is 0.0348. The Morgan fingerprint density at radius 3 is 2.91 bits per heavy atom. The van der Waals surface area contributed by atoms with Gasteiger partial charge in [-0.3, -0.25) is 9.78 Å². The molecular weight excluding hydrogens is 454 g/mol. The first-order chi connectivity index (χ1) is 17.1. The number of carbonyl (C=O) groups is 1.